The Bertz CT molecular complexity index is 624. The Balaban J connectivity index is 2.31. The third-order valence-electron chi connectivity index (χ3n) is 2.39. The summed E-state index contributed by atoms with van der Waals surface area (Å²) in [5.74, 6) is -0.457. The number of aromatic hydroxyl groups is 1. The maximum atomic E-state index is 12.1. The lowest BCUT2D eigenvalue weighted by atomic mass is 10.2. The van der Waals surface area contributed by atoms with E-state index in [1.165, 1.54) is 18.2 Å². The topological polar surface area (TPSA) is 49.3 Å². The van der Waals surface area contributed by atoms with Gasteiger partial charge in [0, 0.05) is 6.07 Å². The Hall–Kier alpha value is -1.42. The Kier molecular flexibility index (Phi) is 4.20. The van der Waals surface area contributed by atoms with E-state index in [4.69, 9.17) is 34.8 Å². The summed E-state index contributed by atoms with van der Waals surface area (Å²) in [6, 6.07) is 9.01. The lowest BCUT2D eigenvalue weighted by molar-refractivity contribution is 0.102. The second-order valence-corrected chi connectivity index (χ2v) is 4.94. The molecule has 0 saturated heterocycles. The summed E-state index contributed by atoms with van der Waals surface area (Å²) in [6.07, 6.45) is 0. The Morgan fingerprint density at radius 3 is 2.21 bits per heavy atom. The Labute approximate surface area is 124 Å². The number of phenols is 1. The number of halogens is 3. The van der Waals surface area contributed by atoms with Gasteiger partial charge in [-0.25, -0.2) is 0 Å². The normalized spacial score (nSPS) is 10.3. The van der Waals surface area contributed by atoms with Crippen LogP contribution in [0.15, 0.2) is 36.4 Å². The van der Waals surface area contributed by atoms with E-state index in [0.29, 0.717) is 5.69 Å². The van der Waals surface area contributed by atoms with E-state index in [0.717, 1.165) is 0 Å². The van der Waals surface area contributed by atoms with Crippen molar-refractivity contribution < 1.29 is 9.90 Å². The number of nitrogens with one attached hydrogen (secondary N) is 1. The fraction of sp³-hybridized carbons (Fsp3) is 0. The van der Waals surface area contributed by atoms with Crippen LogP contribution in [-0.2, 0) is 0 Å². The quantitative estimate of drug-likeness (QED) is 0.795. The minimum Gasteiger partial charge on any atom is -0.508 e. The van der Waals surface area contributed by atoms with Crippen molar-refractivity contribution in [3.63, 3.8) is 0 Å². The summed E-state index contributed by atoms with van der Waals surface area (Å²) >= 11 is 17.8. The van der Waals surface area contributed by atoms with Crippen LogP contribution in [0.1, 0.15) is 10.4 Å². The standard InChI is InChI=1S/C13H8Cl3NO2/c14-8-2-1-3-9(15)12(8)13(19)17-11-5-4-7(18)6-10(11)16/h1-6,18H,(H,17,19). The number of anilines is 1. The minimum atomic E-state index is -0.469. The summed E-state index contributed by atoms with van der Waals surface area (Å²) in [5.41, 5.74) is 0.537. The summed E-state index contributed by atoms with van der Waals surface area (Å²) < 4.78 is 0. The highest BCUT2D eigenvalue weighted by molar-refractivity contribution is 6.40. The molecular weight excluding hydrogens is 309 g/mol. The Morgan fingerprint density at radius 2 is 1.63 bits per heavy atom. The largest absolute Gasteiger partial charge is 0.508 e. The highest BCUT2D eigenvalue weighted by Crippen LogP contribution is 2.29. The lowest BCUT2D eigenvalue weighted by Gasteiger charge is -2.09. The summed E-state index contributed by atoms with van der Waals surface area (Å²) in [5, 5.41) is 12.5. The highest BCUT2D eigenvalue weighted by atomic mass is 35.5. The molecule has 1 amide bonds. The first-order valence-corrected chi connectivity index (χ1v) is 6.36. The van der Waals surface area contributed by atoms with Gasteiger partial charge in [0.25, 0.3) is 5.91 Å². The molecule has 0 bridgehead atoms. The number of hydrogen-bond donors (Lipinski definition) is 2. The highest BCUT2D eigenvalue weighted by Gasteiger charge is 2.15. The van der Waals surface area contributed by atoms with Gasteiger partial charge in [-0.1, -0.05) is 40.9 Å². The first-order chi connectivity index (χ1) is 8.99. The third kappa shape index (κ3) is 3.13. The molecule has 6 heteroatoms. The smallest absolute Gasteiger partial charge is 0.258 e. The van der Waals surface area contributed by atoms with E-state index < -0.39 is 5.91 Å². The molecule has 98 valence electrons. The van der Waals surface area contributed by atoms with Crippen LogP contribution in [0.25, 0.3) is 0 Å². The summed E-state index contributed by atoms with van der Waals surface area (Å²) in [6.45, 7) is 0. The molecular formula is C13H8Cl3NO2. The predicted molar refractivity (Wildman–Crippen MR) is 77.5 cm³/mol. The first kappa shape index (κ1) is 14.0. The number of carbonyl (C=O) groups is 1. The van der Waals surface area contributed by atoms with E-state index in [9.17, 15) is 9.90 Å². The van der Waals surface area contributed by atoms with Gasteiger partial charge in [-0.05, 0) is 24.3 Å². The maximum Gasteiger partial charge on any atom is 0.258 e. The van der Waals surface area contributed by atoms with Gasteiger partial charge in [-0.15, -0.1) is 0 Å². The SMILES string of the molecule is O=C(Nc1ccc(O)cc1Cl)c1c(Cl)cccc1Cl. The monoisotopic (exact) mass is 315 g/mol. The van der Waals surface area contributed by atoms with E-state index in [1.54, 1.807) is 18.2 Å². The molecule has 0 unspecified atom stereocenters. The van der Waals surface area contributed by atoms with Crippen molar-refractivity contribution in [3.05, 3.63) is 57.0 Å². The molecule has 19 heavy (non-hydrogen) atoms. The van der Waals surface area contributed by atoms with Gasteiger partial charge in [0.1, 0.15) is 5.75 Å². The van der Waals surface area contributed by atoms with Crippen molar-refractivity contribution in [2.24, 2.45) is 0 Å². The van der Waals surface area contributed by atoms with Crippen LogP contribution in [0.3, 0.4) is 0 Å². The van der Waals surface area contributed by atoms with Crippen LogP contribution < -0.4 is 5.32 Å². The molecule has 0 atom stereocenters. The molecule has 2 aromatic carbocycles. The molecule has 0 heterocycles. The number of rotatable bonds is 2. The molecule has 0 radical (unpaired) electrons. The number of amides is 1. The van der Waals surface area contributed by atoms with Gasteiger partial charge in [-0.2, -0.15) is 0 Å². The van der Waals surface area contributed by atoms with Crippen LogP contribution in [0.2, 0.25) is 15.1 Å². The summed E-state index contributed by atoms with van der Waals surface area (Å²) in [4.78, 5) is 12.1. The summed E-state index contributed by atoms with van der Waals surface area (Å²) in [7, 11) is 0. The second-order valence-electron chi connectivity index (χ2n) is 3.71. The maximum absolute atomic E-state index is 12.1. The first-order valence-electron chi connectivity index (χ1n) is 5.23. The fourth-order valence-corrected chi connectivity index (χ4v) is 2.30. The van der Waals surface area contributed by atoms with Gasteiger partial charge in [0.2, 0.25) is 0 Å². The molecule has 2 rings (SSSR count). The zero-order chi connectivity index (χ0) is 14.0. The number of hydrogen-bond acceptors (Lipinski definition) is 2. The van der Waals surface area contributed by atoms with Crippen LogP contribution >= 0.6 is 34.8 Å². The molecule has 0 aliphatic rings. The molecule has 0 spiro atoms. The third-order valence-corrected chi connectivity index (χ3v) is 3.33. The van der Waals surface area contributed by atoms with Crippen LogP contribution in [0.4, 0.5) is 5.69 Å². The molecule has 2 aromatic rings. The van der Waals surface area contributed by atoms with Crippen LogP contribution in [0, 0.1) is 0 Å². The van der Waals surface area contributed by atoms with E-state index in [2.05, 4.69) is 5.32 Å². The van der Waals surface area contributed by atoms with Gasteiger partial charge in [0.05, 0.1) is 26.3 Å². The van der Waals surface area contributed by atoms with Crippen molar-refractivity contribution >= 4 is 46.4 Å². The van der Waals surface area contributed by atoms with Gasteiger partial charge in [0.15, 0.2) is 0 Å². The average Bonchev–Trinajstić information content (AvgIpc) is 2.32. The average molecular weight is 317 g/mol. The Morgan fingerprint density at radius 1 is 1.00 bits per heavy atom. The zero-order valence-electron chi connectivity index (χ0n) is 9.45. The fourth-order valence-electron chi connectivity index (χ4n) is 1.50. The molecule has 0 fully saturated rings. The van der Waals surface area contributed by atoms with E-state index in [1.807, 2.05) is 0 Å². The zero-order valence-corrected chi connectivity index (χ0v) is 11.7. The van der Waals surface area contributed by atoms with Gasteiger partial charge < -0.3 is 10.4 Å². The van der Waals surface area contributed by atoms with Crippen molar-refractivity contribution in [3.8, 4) is 5.75 Å². The predicted octanol–water partition coefficient (Wildman–Crippen LogP) is 4.60. The van der Waals surface area contributed by atoms with Crippen molar-refractivity contribution in [1.82, 2.24) is 0 Å². The molecule has 0 aliphatic carbocycles. The van der Waals surface area contributed by atoms with Crippen molar-refractivity contribution in [2.45, 2.75) is 0 Å². The molecule has 0 saturated carbocycles. The number of benzene rings is 2. The van der Waals surface area contributed by atoms with E-state index >= 15 is 0 Å². The molecule has 0 aliphatic heterocycles. The van der Waals surface area contributed by atoms with Gasteiger partial charge in [-0.3, -0.25) is 4.79 Å². The molecule has 3 nitrogen and oxygen atoms in total. The van der Waals surface area contributed by atoms with Gasteiger partial charge >= 0.3 is 0 Å². The van der Waals surface area contributed by atoms with Crippen molar-refractivity contribution in [2.75, 3.05) is 5.32 Å². The van der Waals surface area contributed by atoms with Crippen LogP contribution in [0.5, 0.6) is 5.75 Å². The van der Waals surface area contributed by atoms with Crippen molar-refractivity contribution in [1.29, 1.82) is 0 Å². The molecule has 2 N–H and O–H groups in total. The van der Waals surface area contributed by atoms with Crippen LogP contribution in [-0.4, -0.2) is 11.0 Å². The molecule has 0 aromatic heterocycles. The number of phenolic OH excluding ortho intramolecular Hbond substituents is 1. The lowest BCUT2D eigenvalue weighted by Crippen LogP contribution is -2.13. The van der Waals surface area contributed by atoms with E-state index in [-0.39, 0.29) is 26.4 Å². The minimum absolute atomic E-state index is 0.0128. The second kappa shape index (κ2) is 5.70. The number of carbonyl (C=O) groups excluding carboxylic acids is 1.